The summed E-state index contributed by atoms with van der Waals surface area (Å²) < 4.78 is 10.2. The van der Waals surface area contributed by atoms with Gasteiger partial charge in [-0.3, -0.25) is 4.79 Å². The van der Waals surface area contributed by atoms with Crippen LogP contribution in [-0.4, -0.2) is 31.3 Å². The number of carbonyl (C=O) groups is 1. The van der Waals surface area contributed by atoms with E-state index >= 15 is 0 Å². The number of benzene rings is 1. The second-order valence-corrected chi connectivity index (χ2v) is 4.18. The van der Waals surface area contributed by atoms with Gasteiger partial charge in [0.25, 0.3) is 5.91 Å². The largest absolute Gasteiger partial charge is 0.493 e. The third-order valence-corrected chi connectivity index (χ3v) is 2.40. The van der Waals surface area contributed by atoms with Crippen LogP contribution in [0.2, 0.25) is 0 Å². The van der Waals surface area contributed by atoms with Crippen LogP contribution in [0.3, 0.4) is 0 Å². The number of rotatable bonds is 5. The Morgan fingerprint density at radius 2 is 1.83 bits per heavy atom. The average Bonchev–Trinajstić information content (AvgIpc) is 2.36. The molecule has 0 spiro atoms. The molecule has 0 radical (unpaired) electrons. The summed E-state index contributed by atoms with van der Waals surface area (Å²) >= 11 is 0. The maximum Gasteiger partial charge on any atom is 0.253 e. The van der Waals surface area contributed by atoms with Crippen molar-refractivity contribution in [3.05, 3.63) is 23.8 Å². The highest BCUT2D eigenvalue weighted by Crippen LogP contribution is 2.29. The van der Waals surface area contributed by atoms with Crippen LogP contribution < -0.4 is 14.8 Å². The number of nitrogens with one attached hydrogen (secondary N) is 1. The van der Waals surface area contributed by atoms with Gasteiger partial charge in [0.2, 0.25) is 0 Å². The zero-order chi connectivity index (χ0) is 13.7. The maximum absolute atomic E-state index is 11.7. The number of methoxy groups -OCH3 is 2. The van der Waals surface area contributed by atoms with Crippen molar-refractivity contribution in [2.24, 2.45) is 0 Å². The lowest BCUT2D eigenvalue weighted by Crippen LogP contribution is -2.34. The third kappa shape index (κ3) is 3.37. The van der Waals surface area contributed by atoms with Crippen molar-refractivity contribution in [1.29, 1.82) is 0 Å². The van der Waals surface area contributed by atoms with Gasteiger partial charge in [-0.25, -0.2) is 0 Å². The molecular weight excluding hydrogens is 234 g/mol. The predicted octanol–water partition coefficient (Wildman–Crippen LogP) is 1.26. The Bertz CT molecular complexity index is 417. The van der Waals surface area contributed by atoms with Crippen molar-refractivity contribution in [2.45, 2.75) is 26.0 Å². The molecular formula is C13H19NO4. The van der Waals surface area contributed by atoms with Crippen LogP contribution in [0.15, 0.2) is 18.2 Å². The Hall–Kier alpha value is -1.75. The van der Waals surface area contributed by atoms with E-state index in [1.165, 1.54) is 14.2 Å². The SMILES string of the molecule is COc1ccc([C@@H](O)C(=O)NC(C)C)cc1OC. The van der Waals surface area contributed by atoms with Gasteiger partial charge in [-0.2, -0.15) is 0 Å². The number of ether oxygens (including phenoxy) is 2. The van der Waals surface area contributed by atoms with Crippen LogP contribution in [0.5, 0.6) is 11.5 Å². The van der Waals surface area contributed by atoms with Crippen LogP contribution in [0.1, 0.15) is 25.5 Å². The summed E-state index contributed by atoms with van der Waals surface area (Å²) in [5.41, 5.74) is 0.464. The molecule has 1 aromatic rings. The fourth-order valence-electron chi connectivity index (χ4n) is 1.54. The Morgan fingerprint density at radius 3 is 2.33 bits per heavy atom. The molecule has 0 bridgehead atoms. The van der Waals surface area contributed by atoms with E-state index in [0.29, 0.717) is 17.1 Å². The molecule has 1 aromatic carbocycles. The standard InChI is InChI=1S/C13H19NO4/c1-8(2)14-13(16)12(15)9-5-6-10(17-3)11(7-9)18-4/h5-8,12,15H,1-4H3,(H,14,16)/t12-/m1/s1. The highest BCUT2D eigenvalue weighted by atomic mass is 16.5. The van der Waals surface area contributed by atoms with E-state index in [1.807, 2.05) is 13.8 Å². The second-order valence-electron chi connectivity index (χ2n) is 4.18. The van der Waals surface area contributed by atoms with Gasteiger partial charge in [0.15, 0.2) is 17.6 Å². The molecule has 2 N–H and O–H groups in total. The van der Waals surface area contributed by atoms with E-state index in [-0.39, 0.29) is 6.04 Å². The summed E-state index contributed by atoms with van der Waals surface area (Å²) in [4.78, 5) is 11.7. The molecule has 0 aliphatic carbocycles. The molecule has 1 atom stereocenters. The van der Waals surface area contributed by atoms with Gasteiger partial charge in [0.05, 0.1) is 14.2 Å². The smallest absolute Gasteiger partial charge is 0.253 e. The molecule has 18 heavy (non-hydrogen) atoms. The topological polar surface area (TPSA) is 67.8 Å². The summed E-state index contributed by atoms with van der Waals surface area (Å²) in [6.45, 7) is 3.67. The number of aliphatic hydroxyl groups excluding tert-OH is 1. The normalized spacial score (nSPS) is 12.1. The number of aliphatic hydroxyl groups is 1. The molecule has 0 saturated heterocycles. The first-order valence-electron chi connectivity index (χ1n) is 5.70. The first kappa shape index (κ1) is 14.3. The second kappa shape index (κ2) is 6.26. The monoisotopic (exact) mass is 253 g/mol. The van der Waals surface area contributed by atoms with E-state index < -0.39 is 12.0 Å². The number of carbonyl (C=O) groups excluding carboxylic acids is 1. The molecule has 5 heteroatoms. The molecule has 1 amide bonds. The number of hydrogen-bond acceptors (Lipinski definition) is 4. The summed E-state index contributed by atoms with van der Waals surface area (Å²) in [6, 6.07) is 4.85. The molecule has 0 unspecified atom stereocenters. The Kier molecular flexibility index (Phi) is 4.97. The van der Waals surface area contributed by atoms with Gasteiger partial charge < -0.3 is 19.9 Å². The van der Waals surface area contributed by atoms with Crippen molar-refractivity contribution in [1.82, 2.24) is 5.32 Å². The van der Waals surface area contributed by atoms with Gasteiger partial charge in [0.1, 0.15) is 0 Å². The molecule has 0 aromatic heterocycles. The van der Waals surface area contributed by atoms with Gasteiger partial charge in [-0.15, -0.1) is 0 Å². The van der Waals surface area contributed by atoms with Crippen molar-refractivity contribution in [3.8, 4) is 11.5 Å². The van der Waals surface area contributed by atoms with Crippen LogP contribution in [0, 0.1) is 0 Å². The summed E-state index contributed by atoms with van der Waals surface area (Å²) in [6.07, 6.45) is -1.22. The van der Waals surface area contributed by atoms with E-state index in [0.717, 1.165) is 0 Å². The van der Waals surface area contributed by atoms with Crippen LogP contribution in [0.25, 0.3) is 0 Å². The van der Waals surface area contributed by atoms with Gasteiger partial charge in [-0.1, -0.05) is 6.07 Å². The Balaban J connectivity index is 2.92. The predicted molar refractivity (Wildman–Crippen MR) is 67.8 cm³/mol. The minimum Gasteiger partial charge on any atom is -0.493 e. The molecule has 5 nitrogen and oxygen atoms in total. The quantitative estimate of drug-likeness (QED) is 0.829. The maximum atomic E-state index is 11.7. The zero-order valence-corrected chi connectivity index (χ0v) is 11.1. The first-order valence-corrected chi connectivity index (χ1v) is 5.70. The molecule has 0 saturated carbocycles. The van der Waals surface area contributed by atoms with Crippen LogP contribution in [0.4, 0.5) is 0 Å². The lowest BCUT2D eigenvalue weighted by atomic mass is 10.1. The highest BCUT2D eigenvalue weighted by molar-refractivity contribution is 5.82. The summed E-state index contributed by atoms with van der Waals surface area (Å²) in [5.74, 6) is 0.598. The lowest BCUT2D eigenvalue weighted by Gasteiger charge is -2.15. The third-order valence-electron chi connectivity index (χ3n) is 2.40. The fourth-order valence-corrected chi connectivity index (χ4v) is 1.54. The van der Waals surface area contributed by atoms with Crippen molar-refractivity contribution < 1.29 is 19.4 Å². The minimum absolute atomic E-state index is 0.0210. The Morgan fingerprint density at radius 1 is 1.22 bits per heavy atom. The molecule has 0 aliphatic heterocycles. The van der Waals surface area contributed by atoms with Gasteiger partial charge in [-0.05, 0) is 31.5 Å². The molecule has 100 valence electrons. The fraction of sp³-hybridized carbons (Fsp3) is 0.462. The van der Waals surface area contributed by atoms with Gasteiger partial charge in [0, 0.05) is 6.04 Å². The lowest BCUT2D eigenvalue weighted by molar-refractivity contribution is -0.130. The number of hydrogen-bond donors (Lipinski definition) is 2. The van der Waals surface area contributed by atoms with Crippen molar-refractivity contribution in [2.75, 3.05) is 14.2 Å². The van der Waals surface area contributed by atoms with E-state index in [2.05, 4.69) is 5.32 Å². The molecule has 0 fully saturated rings. The summed E-state index contributed by atoms with van der Waals surface area (Å²) in [7, 11) is 3.03. The first-order chi connectivity index (χ1) is 8.49. The highest BCUT2D eigenvalue weighted by Gasteiger charge is 2.19. The average molecular weight is 253 g/mol. The van der Waals surface area contributed by atoms with Crippen LogP contribution in [-0.2, 0) is 4.79 Å². The zero-order valence-electron chi connectivity index (χ0n) is 11.1. The van der Waals surface area contributed by atoms with Gasteiger partial charge >= 0.3 is 0 Å². The molecule has 0 aliphatic rings. The molecule has 0 heterocycles. The molecule has 1 rings (SSSR count). The van der Waals surface area contributed by atoms with E-state index in [4.69, 9.17) is 9.47 Å². The van der Waals surface area contributed by atoms with E-state index in [1.54, 1.807) is 18.2 Å². The summed E-state index contributed by atoms with van der Waals surface area (Å²) in [5, 5.41) is 12.6. The minimum atomic E-state index is -1.22. The van der Waals surface area contributed by atoms with Crippen LogP contribution >= 0.6 is 0 Å². The Labute approximate surface area is 107 Å². The van der Waals surface area contributed by atoms with Crippen molar-refractivity contribution in [3.63, 3.8) is 0 Å². The van der Waals surface area contributed by atoms with Crippen molar-refractivity contribution >= 4 is 5.91 Å². The van der Waals surface area contributed by atoms with E-state index in [9.17, 15) is 9.90 Å². The number of amides is 1.